The molecule has 20 heavy (non-hydrogen) atoms. The first-order valence-corrected chi connectivity index (χ1v) is 7.20. The summed E-state index contributed by atoms with van der Waals surface area (Å²) in [5.41, 5.74) is 5.11. The number of hydrogen-bond donors (Lipinski definition) is 1. The molecule has 1 unspecified atom stereocenters. The Bertz CT molecular complexity index is 522. The van der Waals surface area contributed by atoms with E-state index in [9.17, 15) is 0 Å². The van der Waals surface area contributed by atoms with Crippen molar-refractivity contribution < 1.29 is 0 Å². The maximum atomic E-state index is 3.34. The highest BCUT2D eigenvalue weighted by Gasteiger charge is 2.06. The number of nitrogens with one attached hydrogen (secondary N) is 1. The van der Waals surface area contributed by atoms with Crippen molar-refractivity contribution in [1.29, 1.82) is 0 Å². The van der Waals surface area contributed by atoms with Gasteiger partial charge in [0.1, 0.15) is 0 Å². The van der Waals surface area contributed by atoms with Crippen LogP contribution >= 0.6 is 0 Å². The fourth-order valence-electron chi connectivity index (χ4n) is 2.47. The molecule has 0 fully saturated rings. The summed E-state index contributed by atoms with van der Waals surface area (Å²) >= 11 is 0. The van der Waals surface area contributed by atoms with Crippen LogP contribution in [0.4, 0.5) is 5.69 Å². The van der Waals surface area contributed by atoms with Crippen LogP contribution in [0.1, 0.15) is 24.9 Å². The second kappa shape index (κ2) is 6.58. The Morgan fingerprint density at radius 1 is 0.900 bits per heavy atom. The molecule has 106 valence electrons. The van der Waals surface area contributed by atoms with Gasteiger partial charge in [-0.1, -0.05) is 43.3 Å². The molecule has 0 spiro atoms. The standard InChI is InChI=1S/C18H24N2/c1-5-18(19-2)16-8-6-14(7-9-16)15-10-12-17(13-11-15)20(3)4/h6-13,18-19H,5H2,1-4H3. The summed E-state index contributed by atoms with van der Waals surface area (Å²) in [5.74, 6) is 0. The second-order valence-electron chi connectivity index (χ2n) is 5.31. The van der Waals surface area contributed by atoms with Crippen LogP contribution in [0.3, 0.4) is 0 Å². The van der Waals surface area contributed by atoms with Crippen molar-refractivity contribution in [1.82, 2.24) is 5.32 Å². The van der Waals surface area contributed by atoms with Crippen LogP contribution in [0.5, 0.6) is 0 Å². The van der Waals surface area contributed by atoms with Crippen LogP contribution in [0, 0.1) is 0 Å². The number of nitrogens with zero attached hydrogens (tertiary/aromatic N) is 1. The van der Waals surface area contributed by atoms with Gasteiger partial charge in [-0.25, -0.2) is 0 Å². The fourth-order valence-corrected chi connectivity index (χ4v) is 2.47. The first kappa shape index (κ1) is 14.6. The van der Waals surface area contributed by atoms with Gasteiger partial charge in [-0.05, 0) is 42.3 Å². The Kier molecular flexibility index (Phi) is 4.80. The number of benzene rings is 2. The fraction of sp³-hybridized carbons (Fsp3) is 0.333. The SMILES string of the molecule is CCC(NC)c1ccc(-c2ccc(N(C)C)cc2)cc1. The molecule has 2 nitrogen and oxygen atoms in total. The maximum absolute atomic E-state index is 3.34. The summed E-state index contributed by atoms with van der Waals surface area (Å²) < 4.78 is 0. The zero-order valence-corrected chi connectivity index (χ0v) is 12.9. The summed E-state index contributed by atoms with van der Waals surface area (Å²) in [5, 5.41) is 3.34. The molecule has 0 radical (unpaired) electrons. The van der Waals surface area contributed by atoms with Crippen LogP contribution < -0.4 is 10.2 Å². The number of rotatable bonds is 5. The lowest BCUT2D eigenvalue weighted by atomic mass is 9.99. The smallest absolute Gasteiger partial charge is 0.0361 e. The van der Waals surface area contributed by atoms with Crippen molar-refractivity contribution in [2.45, 2.75) is 19.4 Å². The molecular weight excluding hydrogens is 244 g/mol. The van der Waals surface area contributed by atoms with Crippen LogP contribution in [-0.2, 0) is 0 Å². The van der Waals surface area contributed by atoms with Gasteiger partial charge in [-0.15, -0.1) is 0 Å². The van der Waals surface area contributed by atoms with Crippen LogP contribution in [0.2, 0.25) is 0 Å². The molecule has 2 aromatic rings. The third-order valence-electron chi connectivity index (χ3n) is 3.79. The zero-order chi connectivity index (χ0) is 14.5. The van der Waals surface area contributed by atoms with Crippen molar-refractivity contribution in [3.63, 3.8) is 0 Å². The van der Waals surface area contributed by atoms with Crippen molar-refractivity contribution >= 4 is 5.69 Å². The molecule has 1 N–H and O–H groups in total. The molecule has 0 bridgehead atoms. The summed E-state index contributed by atoms with van der Waals surface area (Å²) in [6, 6.07) is 18.0. The second-order valence-corrected chi connectivity index (χ2v) is 5.31. The maximum Gasteiger partial charge on any atom is 0.0361 e. The van der Waals surface area contributed by atoms with Gasteiger partial charge in [0.25, 0.3) is 0 Å². The van der Waals surface area contributed by atoms with Crippen molar-refractivity contribution in [2.75, 3.05) is 26.0 Å². The van der Waals surface area contributed by atoms with E-state index in [1.54, 1.807) is 0 Å². The first-order valence-electron chi connectivity index (χ1n) is 7.20. The summed E-state index contributed by atoms with van der Waals surface area (Å²) in [6.07, 6.45) is 1.10. The van der Waals surface area contributed by atoms with E-state index < -0.39 is 0 Å². The van der Waals surface area contributed by atoms with Gasteiger partial charge in [0.2, 0.25) is 0 Å². The van der Waals surface area contributed by atoms with E-state index in [0.29, 0.717) is 6.04 Å². The lowest BCUT2D eigenvalue weighted by Gasteiger charge is -2.15. The van der Waals surface area contributed by atoms with Crippen molar-refractivity contribution in [2.24, 2.45) is 0 Å². The van der Waals surface area contributed by atoms with Gasteiger partial charge in [0.15, 0.2) is 0 Å². The minimum absolute atomic E-state index is 0.445. The van der Waals surface area contributed by atoms with Crippen LogP contribution in [0.25, 0.3) is 11.1 Å². The van der Waals surface area contributed by atoms with E-state index in [1.807, 2.05) is 7.05 Å². The van der Waals surface area contributed by atoms with Gasteiger partial charge in [0.05, 0.1) is 0 Å². The summed E-state index contributed by atoms with van der Waals surface area (Å²) in [7, 11) is 6.14. The van der Waals surface area contributed by atoms with E-state index in [1.165, 1.54) is 22.4 Å². The van der Waals surface area contributed by atoms with Gasteiger partial charge >= 0.3 is 0 Å². The lowest BCUT2D eigenvalue weighted by Crippen LogP contribution is -2.14. The molecule has 0 aliphatic carbocycles. The third kappa shape index (κ3) is 3.20. The normalized spacial score (nSPS) is 12.2. The predicted molar refractivity (Wildman–Crippen MR) is 88.3 cm³/mol. The molecule has 0 aromatic heterocycles. The molecule has 0 amide bonds. The topological polar surface area (TPSA) is 15.3 Å². The molecule has 0 heterocycles. The average molecular weight is 268 g/mol. The first-order chi connectivity index (χ1) is 9.65. The van der Waals surface area contributed by atoms with Crippen LogP contribution in [-0.4, -0.2) is 21.1 Å². The lowest BCUT2D eigenvalue weighted by molar-refractivity contribution is 0.577. The van der Waals surface area contributed by atoms with E-state index in [0.717, 1.165) is 6.42 Å². The minimum Gasteiger partial charge on any atom is -0.378 e. The zero-order valence-electron chi connectivity index (χ0n) is 12.9. The van der Waals surface area contributed by atoms with Gasteiger partial charge in [-0.3, -0.25) is 0 Å². The highest BCUT2D eigenvalue weighted by atomic mass is 15.1. The number of hydrogen-bond acceptors (Lipinski definition) is 2. The van der Waals surface area contributed by atoms with Gasteiger partial charge < -0.3 is 10.2 Å². The van der Waals surface area contributed by atoms with Crippen LogP contribution in [0.15, 0.2) is 48.5 Å². The Hall–Kier alpha value is -1.80. The Morgan fingerprint density at radius 2 is 1.40 bits per heavy atom. The quantitative estimate of drug-likeness (QED) is 0.878. The minimum atomic E-state index is 0.445. The van der Waals surface area contributed by atoms with E-state index >= 15 is 0 Å². The summed E-state index contributed by atoms with van der Waals surface area (Å²) in [6.45, 7) is 2.20. The molecule has 2 heteroatoms. The molecular formula is C18H24N2. The van der Waals surface area contributed by atoms with E-state index in [2.05, 4.69) is 79.8 Å². The highest BCUT2D eigenvalue weighted by molar-refractivity contribution is 5.66. The van der Waals surface area contributed by atoms with E-state index in [-0.39, 0.29) is 0 Å². The largest absolute Gasteiger partial charge is 0.378 e. The monoisotopic (exact) mass is 268 g/mol. The average Bonchev–Trinajstić information content (AvgIpc) is 2.49. The van der Waals surface area contributed by atoms with E-state index in [4.69, 9.17) is 0 Å². The van der Waals surface area contributed by atoms with Gasteiger partial charge in [0, 0.05) is 25.8 Å². The Balaban J connectivity index is 2.21. The molecule has 2 rings (SSSR count). The van der Waals surface area contributed by atoms with Gasteiger partial charge in [-0.2, -0.15) is 0 Å². The van der Waals surface area contributed by atoms with Crippen molar-refractivity contribution in [3.05, 3.63) is 54.1 Å². The molecule has 0 aliphatic rings. The highest BCUT2D eigenvalue weighted by Crippen LogP contribution is 2.25. The molecule has 0 saturated heterocycles. The predicted octanol–water partition coefficient (Wildman–Crippen LogP) is 4.09. The Morgan fingerprint density at radius 3 is 1.80 bits per heavy atom. The molecule has 1 atom stereocenters. The number of anilines is 1. The molecule has 2 aromatic carbocycles. The molecule has 0 aliphatic heterocycles. The molecule has 0 saturated carbocycles. The Labute approximate surface area is 122 Å². The van der Waals surface area contributed by atoms with Crippen molar-refractivity contribution in [3.8, 4) is 11.1 Å². The summed E-state index contributed by atoms with van der Waals surface area (Å²) in [4.78, 5) is 2.12. The third-order valence-corrected chi connectivity index (χ3v) is 3.79.